The fourth-order valence-corrected chi connectivity index (χ4v) is 5.44. The molecule has 1 aromatic heterocycles. The lowest BCUT2D eigenvalue weighted by Gasteiger charge is -2.30. The van der Waals surface area contributed by atoms with Gasteiger partial charge in [-0.05, 0) is 93.6 Å². The summed E-state index contributed by atoms with van der Waals surface area (Å²) >= 11 is 0. The van der Waals surface area contributed by atoms with Gasteiger partial charge in [-0.3, -0.25) is 9.59 Å². The zero-order valence-corrected chi connectivity index (χ0v) is 26.4. The second kappa shape index (κ2) is 13.2. The smallest absolute Gasteiger partial charge is 0.293 e. The maximum atomic E-state index is 13.1. The van der Waals surface area contributed by atoms with Crippen molar-refractivity contribution in [2.75, 3.05) is 35.7 Å². The van der Waals surface area contributed by atoms with Gasteiger partial charge in [0.2, 0.25) is 0 Å². The van der Waals surface area contributed by atoms with Crippen molar-refractivity contribution in [2.24, 2.45) is 7.05 Å². The van der Waals surface area contributed by atoms with Crippen LogP contribution < -0.4 is 21.1 Å². The van der Waals surface area contributed by atoms with Crippen molar-refractivity contribution in [3.05, 3.63) is 107 Å². The van der Waals surface area contributed by atoms with E-state index in [0.29, 0.717) is 23.0 Å². The van der Waals surface area contributed by atoms with Crippen LogP contribution in [0.5, 0.6) is 0 Å². The zero-order chi connectivity index (χ0) is 31.4. The number of nitrogens with zero attached hydrogens (tertiary/aromatic N) is 4. The van der Waals surface area contributed by atoms with Crippen LogP contribution in [0.15, 0.2) is 84.3 Å². The minimum absolute atomic E-state index is 0.189. The van der Waals surface area contributed by atoms with E-state index in [-0.39, 0.29) is 17.3 Å². The third-order valence-electron chi connectivity index (χ3n) is 8.46. The molecule has 8 heteroatoms. The largest absolute Gasteiger partial charge is 0.372 e. The van der Waals surface area contributed by atoms with Crippen LogP contribution in [-0.4, -0.2) is 46.5 Å². The third kappa shape index (κ3) is 6.70. The molecule has 4 aromatic rings. The van der Waals surface area contributed by atoms with E-state index in [4.69, 9.17) is 4.98 Å². The summed E-state index contributed by atoms with van der Waals surface area (Å²) in [5, 5.41) is 6.27. The Morgan fingerprint density at radius 2 is 1.61 bits per heavy atom. The normalized spacial score (nSPS) is 13.1. The first kappa shape index (κ1) is 30.6. The predicted octanol–water partition coefficient (Wildman–Crippen LogP) is 7.05. The maximum absolute atomic E-state index is 13.1. The van der Waals surface area contributed by atoms with E-state index in [2.05, 4.69) is 40.9 Å². The number of hydrogen-bond acceptors (Lipinski definition) is 6. The summed E-state index contributed by atoms with van der Waals surface area (Å²) in [5.41, 5.74) is 7.26. The first-order valence-electron chi connectivity index (χ1n) is 15.3. The Balaban J connectivity index is 1.34. The molecular weight excluding hydrogens is 548 g/mol. The average Bonchev–Trinajstić information content (AvgIpc) is 3.04. The van der Waals surface area contributed by atoms with Gasteiger partial charge in [0.1, 0.15) is 0 Å². The van der Waals surface area contributed by atoms with Gasteiger partial charge in [0, 0.05) is 73.3 Å². The molecule has 8 nitrogen and oxygen atoms in total. The van der Waals surface area contributed by atoms with Gasteiger partial charge in [0.15, 0.2) is 5.82 Å². The van der Waals surface area contributed by atoms with E-state index in [0.717, 1.165) is 46.9 Å². The van der Waals surface area contributed by atoms with E-state index in [1.54, 1.807) is 13.2 Å². The third-order valence-corrected chi connectivity index (χ3v) is 8.46. The van der Waals surface area contributed by atoms with Crippen LogP contribution in [0.3, 0.4) is 0 Å². The minimum Gasteiger partial charge on any atom is -0.372 e. The van der Waals surface area contributed by atoms with E-state index in [9.17, 15) is 9.59 Å². The Kier molecular flexibility index (Phi) is 9.18. The van der Waals surface area contributed by atoms with Gasteiger partial charge in [-0.15, -0.1) is 0 Å². The number of carbonyl (C=O) groups excluding carboxylic acids is 1. The number of rotatable bonds is 9. The van der Waals surface area contributed by atoms with Crippen molar-refractivity contribution in [1.29, 1.82) is 0 Å². The number of amides is 1. The SMILES string of the molecule is C=C(c1ccc(Nc2nc(-c3cccc(NC(=O)c4ccc(N(C)C(C)C)cc4)c3C)cn(C)c2=O)cc1)N1CCCCC1. The number of carbonyl (C=O) groups is 1. The molecule has 44 heavy (non-hydrogen) atoms. The van der Waals surface area contributed by atoms with Gasteiger partial charge in [-0.1, -0.05) is 30.8 Å². The van der Waals surface area contributed by atoms with E-state index >= 15 is 0 Å². The van der Waals surface area contributed by atoms with E-state index in [1.165, 1.54) is 23.8 Å². The number of likely N-dealkylation sites (tertiary alicyclic amines) is 1. The molecule has 0 spiro atoms. The predicted molar refractivity (Wildman–Crippen MR) is 182 cm³/mol. The Bertz CT molecular complexity index is 1700. The highest BCUT2D eigenvalue weighted by Gasteiger charge is 2.16. The molecule has 1 aliphatic rings. The number of benzene rings is 3. The monoisotopic (exact) mass is 590 g/mol. The van der Waals surface area contributed by atoms with E-state index < -0.39 is 0 Å². The fraction of sp³-hybridized carbons (Fsp3) is 0.306. The van der Waals surface area contributed by atoms with Crippen LogP contribution in [0, 0.1) is 6.92 Å². The topological polar surface area (TPSA) is 82.5 Å². The Morgan fingerprint density at radius 1 is 0.955 bits per heavy atom. The second-order valence-corrected chi connectivity index (χ2v) is 11.8. The molecule has 5 rings (SSSR count). The highest BCUT2D eigenvalue weighted by Crippen LogP contribution is 2.29. The molecule has 1 aliphatic heterocycles. The highest BCUT2D eigenvalue weighted by atomic mass is 16.1. The summed E-state index contributed by atoms with van der Waals surface area (Å²) in [7, 11) is 3.75. The summed E-state index contributed by atoms with van der Waals surface area (Å²) in [6.45, 7) is 12.6. The van der Waals surface area contributed by atoms with Crippen molar-refractivity contribution in [1.82, 2.24) is 14.5 Å². The molecular formula is C36H42N6O2. The van der Waals surface area contributed by atoms with Gasteiger partial charge >= 0.3 is 0 Å². The van der Waals surface area contributed by atoms with Gasteiger partial charge in [-0.2, -0.15) is 0 Å². The van der Waals surface area contributed by atoms with Crippen molar-refractivity contribution < 1.29 is 4.79 Å². The molecule has 0 aliphatic carbocycles. The standard InChI is InChI=1S/C36H42N6O2/c1-24(2)41(6)30-19-15-28(16-20-30)35(43)39-32-12-10-11-31(25(32)3)33-23-40(5)36(44)34(38-33)37-29-17-13-27(14-18-29)26(4)42-21-8-7-9-22-42/h10-20,23-24H,4,7-9,21-22H2,1-3,5-6H3,(H,37,38)(H,39,43). The molecule has 3 aromatic carbocycles. The lowest BCUT2D eigenvalue weighted by molar-refractivity contribution is 0.102. The average molecular weight is 591 g/mol. The van der Waals surface area contributed by atoms with Crippen molar-refractivity contribution in [3.8, 4) is 11.3 Å². The van der Waals surface area contributed by atoms with Gasteiger partial charge in [0.25, 0.3) is 11.5 Å². The number of nitrogens with one attached hydrogen (secondary N) is 2. The molecule has 228 valence electrons. The Labute approximate surface area is 260 Å². The van der Waals surface area contributed by atoms with Crippen LogP contribution in [0.25, 0.3) is 17.0 Å². The fourth-order valence-electron chi connectivity index (χ4n) is 5.44. The molecule has 0 atom stereocenters. The zero-order valence-electron chi connectivity index (χ0n) is 26.4. The molecule has 1 amide bonds. The van der Waals surface area contributed by atoms with Crippen molar-refractivity contribution in [3.63, 3.8) is 0 Å². The lowest BCUT2D eigenvalue weighted by Crippen LogP contribution is -2.27. The van der Waals surface area contributed by atoms with Crippen LogP contribution in [0.4, 0.5) is 22.9 Å². The Morgan fingerprint density at radius 3 is 2.27 bits per heavy atom. The lowest BCUT2D eigenvalue weighted by atomic mass is 10.0. The van der Waals surface area contributed by atoms with Gasteiger partial charge < -0.3 is 25.0 Å². The molecule has 2 heterocycles. The minimum atomic E-state index is -0.232. The number of anilines is 4. The quantitative estimate of drug-likeness (QED) is 0.217. The van der Waals surface area contributed by atoms with E-state index in [1.807, 2.05) is 80.7 Å². The number of piperidine rings is 1. The van der Waals surface area contributed by atoms with Gasteiger partial charge in [-0.25, -0.2) is 4.98 Å². The summed E-state index contributed by atoms with van der Waals surface area (Å²) in [5.74, 6) is 0.0408. The summed E-state index contributed by atoms with van der Waals surface area (Å²) in [6, 6.07) is 21.6. The highest BCUT2D eigenvalue weighted by molar-refractivity contribution is 6.05. The molecule has 0 saturated carbocycles. The Hall–Kier alpha value is -4.85. The molecule has 1 fully saturated rings. The maximum Gasteiger partial charge on any atom is 0.293 e. The number of aryl methyl sites for hydroxylation is 1. The van der Waals surface area contributed by atoms with Crippen LogP contribution in [-0.2, 0) is 7.05 Å². The van der Waals surface area contributed by atoms with Crippen molar-refractivity contribution in [2.45, 2.75) is 46.1 Å². The molecule has 0 radical (unpaired) electrons. The number of aromatic nitrogens is 2. The van der Waals surface area contributed by atoms with Crippen LogP contribution in [0.1, 0.15) is 54.6 Å². The molecule has 0 bridgehead atoms. The summed E-state index contributed by atoms with van der Waals surface area (Å²) in [4.78, 5) is 35.4. The van der Waals surface area contributed by atoms with Crippen molar-refractivity contribution >= 4 is 34.5 Å². The number of hydrogen-bond donors (Lipinski definition) is 2. The van der Waals surface area contributed by atoms with Gasteiger partial charge in [0.05, 0.1) is 5.69 Å². The molecule has 2 N–H and O–H groups in total. The molecule has 0 unspecified atom stereocenters. The summed E-state index contributed by atoms with van der Waals surface area (Å²) < 4.78 is 1.53. The second-order valence-electron chi connectivity index (χ2n) is 11.8. The van der Waals surface area contributed by atoms with Crippen LogP contribution in [0.2, 0.25) is 0 Å². The van der Waals surface area contributed by atoms with Crippen LogP contribution >= 0.6 is 0 Å². The first-order valence-corrected chi connectivity index (χ1v) is 15.3. The first-order chi connectivity index (χ1) is 21.1. The summed E-state index contributed by atoms with van der Waals surface area (Å²) in [6.07, 6.45) is 5.39. The molecule has 1 saturated heterocycles.